The number of thiophene rings is 1. The van der Waals surface area contributed by atoms with Crippen LogP contribution in [0.5, 0.6) is 0 Å². The fraction of sp³-hybridized carbons (Fsp3) is 0.250. The van der Waals surface area contributed by atoms with Crippen LogP contribution in [0.25, 0.3) is 11.8 Å². The van der Waals surface area contributed by atoms with Crippen LogP contribution in [0, 0.1) is 0 Å². The number of ether oxygens (including phenoxy) is 1. The Morgan fingerprint density at radius 3 is 2.72 bits per heavy atom. The first-order chi connectivity index (χ1) is 14.2. The summed E-state index contributed by atoms with van der Waals surface area (Å²) < 4.78 is 6.49. The summed E-state index contributed by atoms with van der Waals surface area (Å²) in [5.41, 5.74) is 3.20. The van der Waals surface area contributed by atoms with Gasteiger partial charge >= 0.3 is 5.97 Å². The van der Waals surface area contributed by atoms with Crippen LogP contribution >= 0.6 is 11.3 Å². The van der Waals surface area contributed by atoms with Gasteiger partial charge in [-0.05, 0) is 65.4 Å². The van der Waals surface area contributed by atoms with Gasteiger partial charge < -0.3 is 10.1 Å². The number of aryl methyl sites for hydroxylation is 1. The first kappa shape index (κ1) is 19.0. The minimum atomic E-state index is -0.401. The Labute approximate surface area is 171 Å². The molecule has 2 aromatic heterocycles. The van der Waals surface area contributed by atoms with Crippen molar-refractivity contribution in [3.63, 3.8) is 0 Å². The van der Waals surface area contributed by atoms with Gasteiger partial charge in [-0.3, -0.25) is 4.79 Å². The molecule has 1 aromatic carbocycles. The van der Waals surface area contributed by atoms with Crippen molar-refractivity contribution in [3.8, 4) is 5.69 Å². The van der Waals surface area contributed by atoms with Crippen molar-refractivity contribution in [3.05, 3.63) is 58.2 Å². The molecule has 1 aliphatic rings. The number of aromatic nitrogens is 4. The van der Waals surface area contributed by atoms with E-state index in [2.05, 4.69) is 20.8 Å². The number of rotatable bonds is 5. The van der Waals surface area contributed by atoms with Gasteiger partial charge in [0.15, 0.2) is 0 Å². The highest BCUT2D eigenvalue weighted by molar-refractivity contribution is 7.17. The molecule has 29 heavy (non-hydrogen) atoms. The lowest BCUT2D eigenvalue weighted by Gasteiger charge is -2.11. The number of carbonyl (C=O) groups is 2. The number of hydrogen-bond acceptors (Lipinski definition) is 7. The summed E-state index contributed by atoms with van der Waals surface area (Å²) in [4.78, 5) is 25.9. The van der Waals surface area contributed by atoms with Crippen LogP contribution in [0.4, 0.5) is 5.00 Å². The number of hydrogen-bond donors (Lipinski definition) is 1. The van der Waals surface area contributed by atoms with Crippen molar-refractivity contribution < 1.29 is 14.3 Å². The number of anilines is 1. The Hall–Kier alpha value is -3.33. The van der Waals surface area contributed by atoms with E-state index in [1.807, 2.05) is 24.3 Å². The first-order valence-corrected chi connectivity index (χ1v) is 10.0. The van der Waals surface area contributed by atoms with Crippen LogP contribution in [-0.2, 0) is 22.4 Å². The van der Waals surface area contributed by atoms with Crippen molar-refractivity contribution in [2.45, 2.75) is 25.7 Å². The monoisotopic (exact) mass is 409 g/mol. The normalized spacial score (nSPS) is 13.3. The van der Waals surface area contributed by atoms with E-state index < -0.39 is 5.97 Å². The summed E-state index contributed by atoms with van der Waals surface area (Å²) in [5, 5.41) is 14.4. The number of tetrazole rings is 1. The largest absolute Gasteiger partial charge is 0.465 e. The summed E-state index contributed by atoms with van der Waals surface area (Å²) in [6.45, 7) is 0. The number of fused-ring (bicyclic) bond motifs is 1. The zero-order chi connectivity index (χ0) is 20.2. The molecule has 0 atom stereocenters. The lowest BCUT2D eigenvalue weighted by atomic mass is 9.95. The molecule has 0 spiro atoms. The summed E-state index contributed by atoms with van der Waals surface area (Å²) in [5.74, 6) is -0.694. The summed E-state index contributed by atoms with van der Waals surface area (Å²) >= 11 is 1.47. The maximum Gasteiger partial charge on any atom is 0.341 e. The van der Waals surface area contributed by atoms with Crippen molar-refractivity contribution >= 4 is 34.3 Å². The van der Waals surface area contributed by atoms with Crippen LogP contribution in [0.2, 0.25) is 0 Å². The molecule has 148 valence electrons. The second-order valence-corrected chi connectivity index (χ2v) is 7.68. The van der Waals surface area contributed by atoms with Crippen molar-refractivity contribution in [2.75, 3.05) is 12.4 Å². The smallest absolute Gasteiger partial charge is 0.341 e. The molecule has 0 saturated carbocycles. The third kappa shape index (κ3) is 4.09. The maximum absolute atomic E-state index is 12.4. The Morgan fingerprint density at radius 2 is 2.00 bits per heavy atom. The number of benzene rings is 1. The quantitative estimate of drug-likeness (QED) is 0.514. The van der Waals surface area contributed by atoms with Crippen molar-refractivity contribution in [1.29, 1.82) is 0 Å². The van der Waals surface area contributed by atoms with Crippen LogP contribution in [0.3, 0.4) is 0 Å². The van der Waals surface area contributed by atoms with Gasteiger partial charge in [0.05, 0.1) is 18.4 Å². The zero-order valence-corrected chi connectivity index (χ0v) is 16.6. The van der Waals surface area contributed by atoms with E-state index in [4.69, 9.17) is 4.74 Å². The molecule has 9 heteroatoms. The fourth-order valence-corrected chi connectivity index (χ4v) is 4.60. The molecule has 3 aromatic rings. The molecular formula is C20H19N5O3S. The SMILES string of the molecule is COC(=O)c1c(NC(=O)/C=C/c2ccc(-n3cnnn3)cc2)sc2c1CCCC2. The minimum Gasteiger partial charge on any atom is -0.465 e. The number of nitrogens with one attached hydrogen (secondary N) is 1. The fourth-order valence-electron chi connectivity index (χ4n) is 3.32. The highest BCUT2D eigenvalue weighted by atomic mass is 32.1. The molecule has 0 unspecified atom stereocenters. The third-order valence-electron chi connectivity index (χ3n) is 4.73. The third-order valence-corrected chi connectivity index (χ3v) is 5.94. The molecule has 0 aliphatic heterocycles. The molecule has 0 radical (unpaired) electrons. The molecule has 1 N–H and O–H groups in total. The molecule has 2 heterocycles. The lowest BCUT2D eigenvalue weighted by Crippen LogP contribution is -2.13. The van der Waals surface area contributed by atoms with Crippen LogP contribution < -0.4 is 5.32 Å². The average Bonchev–Trinajstić information content (AvgIpc) is 3.40. The predicted molar refractivity (Wildman–Crippen MR) is 109 cm³/mol. The van der Waals surface area contributed by atoms with Crippen LogP contribution in [0.15, 0.2) is 36.7 Å². The van der Waals surface area contributed by atoms with Gasteiger partial charge in [-0.1, -0.05) is 12.1 Å². The minimum absolute atomic E-state index is 0.293. The zero-order valence-electron chi connectivity index (χ0n) is 15.8. The van der Waals surface area contributed by atoms with E-state index in [9.17, 15) is 9.59 Å². The second-order valence-electron chi connectivity index (χ2n) is 6.58. The second kappa shape index (κ2) is 8.36. The summed E-state index contributed by atoms with van der Waals surface area (Å²) in [6.07, 6.45) is 8.59. The van der Waals surface area contributed by atoms with Gasteiger partial charge in [-0.2, -0.15) is 0 Å². The highest BCUT2D eigenvalue weighted by Gasteiger charge is 2.26. The molecule has 0 bridgehead atoms. The van der Waals surface area contributed by atoms with Gasteiger partial charge in [-0.25, -0.2) is 9.48 Å². The van der Waals surface area contributed by atoms with Gasteiger partial charge in [0.2, 0.25) is 5.91 Å². The lowest BCUT2D eigenvalue weighted by molar-refractivity contribution is -0.111. The van der Waals surface area contributed by atoms with E-state index in [0.29, 0.717) is 10.6 Å². The van der Waals surface area contributed by atoms with Crippen LogP contribution in [0.1, 0.15) is 39.2 Å². The Morgan fingerprint density at radius 1 is 1.21 bits per heavy atom. The number of amides is 1. The summed E-state index contributed by atoms with van der Waals surface area (Å²) in [7, 11) is 1.36. The Kier molecular flexibility index (Phi) is 5.48. The standard InChI is InChI=1S/C20H19N5O3S/c1-28-20(27)18-15-4-2-3-5-16(15)29-19(18)22-17(26)11-8-13-6-9-14(10-7-13)25-12-21-23-24-25/h6-12H,2-5H2,1H3,(H,22,26)/b11-8+. The number of esters is 1. The van der Waals surface area contributed by atoms with Crippen molar-refractivity contribution in [2.24, 2.45) is 0 Å². The average molecular weight is 409 g/mol. The topological polar surface area (TPSA) is 99.0 Å². The van der Waals surface area contributed by atoms with Gasteiger partial charge in [0, 0.05) is 11.0 Å². The number of methoxy groups -OCH3 is 1. The van der Waals surface area contributed by atoms with E-state index in [1.54, 1.807) is 10.8 Å². The van der Waals surface area contributed by atoms with Crippen LogP contribution in [-0.4, -0.2) is 39.2 Å². The van der Waals surface area contributed by atoms with E-state index in [-0.39, 0.29) is 5.91 Å². The molecule has 1 amide bonds. The maximum atomic E-state index is 12.4. The number of nitrogens with zero attached hydrogens (tertiary/aromatic N) is 4. The Balaban J connectivity index is 1.48. The molecule has 4 rings (SSSR count). The molecule has 0 fully saturated rings. The summed E-state index contributed by atoms with van der Waals surface area (Å²) in [6, 6.07) is 7.45. The highest BCUT2D eigenvalue weighted by Crippen LogP contribution is 2.38. The van der Waals surface area contributed by atoms with E-state index in [0.717, 1.165) is 47.4 Å². The van der Waals surface area contributed by atoms with Gasteiger partial charge in [0.25, 0.3) is 0 Å². The van der Waals surface area contributed by atoms with Crippen molar-refractivity contribution in [1.82, 2.24) is 20.2 Å². The van der Waals surface area contributed by atoms with E-state index >= 15 is 0 Å². The van der Waals surface area contributed by atoms with Gasteiger partial charge in [0.1, 0.15) is 11.3 Å². The number of carbonyl (C=O) groups excluding carboxylic acids is 2. The molecular weight excluding hydrogens is 390 g/mol. The Bertz CT molecular complexity index is 1050. The van der Waals surface area contributed by atoms with E-state index in [1.165, 1.54) is 30.8 Å². The molecule has 8 nitrogen and oxygen atoms in total. The molecule has 1 aliphatic carbocycles. The molecule has 0 saturated heterocycles. The first-order valence-electron chi connectivity index (χ1n) is 9.21. The van der Waals surface area contributed by atoms with Gasteiger partial charge in [-0.15, -0.1) is 16.4 Å². The predicted octanol–water partition coefficient (Wildman–Crippen LogP) is 3.04.